The van der Waals surface area contributed by atoms with Gasteiger partial charge in [-0.3, -0.25) is 9.78 Å². The molecular formula is C18H15N5O2S. The summed E-state index contributed by atoms with van der Waals surface area (Å²) in [7, 11) is 1.60. The minimum absolute atomic E-state index is 0.191. The van der Waals surface area contributed by atoms with Crippen LogP contribution in [0.25, 0.3) is 21.9 Å². The highest BCUT2D eigenvalue weighted by molar-refractivity contribution is 8.00. The van der Waals surface area contributed by atoms with E-state index in [1.807, 2.05) is 36.4 Å². The Labute approximate surface area is 153 Å². The highest BCUT2D eigenvalue weighted by Crippen LogP contribution is 2.27. The normalized spacial score (nSPS) is 11.1. The average molecular weight is 365 g/mol. The largest absolute Gasteiger partial charge is 0.497 e. The third-order valence-corrected chi connectivity index (χ3v) is 4.93. The highest BCUT2D eigenvalue weighted by Gasteiger charge is 2.17. The molecule has 0 atom stereocenters. The molecule has 0 aliphatic carbocycles. The summed E-state index contributed by atoms with van der Waals surface area (Å²) in [5.41, 5.74) is 7.17. The molecule has 4 rings (SSSR count). The van der Waals surface area contributed by atoms with Crippen LogP contribution in [0.4, 0.5) is 5.82 Å². The first-order valence-corrected chi connectivity index (χ1v) is 8.83. The number of hydrogen-bond donors (Lipinski definition) is 1. The van der Waals surface area contributed by atoms with Gasteiger partial charge in [-0.25, -0.2) is 4.98 Å². The van der Waals surface area contributed by atoms with Gasteiger partial charge in [0.05, 0.1) is 23.8 Å². The third kappa shape index (κ3) is 2.95. The molecule has 0 spiro atoms. The smallest absolute Gasteiger partial charge is 0.259 e. The van der Waals surface area contributed by atoms with E-state index in [1.54, 1.807) is 19.5 Å². The molecular weight excluding hydrogens is 350 g/mol. The number of rotatable bonds is 4. The Kier molecular flexibility index (Phi) is 4.18. The number of nitrogens with zero attached hydrogens (tertiary/aromatic N) is 4. The molecule has 0 unspecified atom stereocenters. The van der Waals surface area contributed by atoms with Gasteiger partial charge >= 0.3 is 0 Å². The van der Waals surface area contributed by atoms with Gasteiger partial charge in [0.1, 0.15) is 5.75 Å². The Balaban J connectivity index is 1.72. The predicted octanol–water partition coefficient (Wildman–Crippen LogP) is 3.00. The second-order valence-corrected chi connectivity index (χ2v) is 6.63. The Bertz CT molecular complexity index is 1110. The van der Waals surface area contributed by atoms with E-state index in [9.17, 15) is 4.79 Å². The maximum absolute atomic E-state index is 12.6. The molecule has 1 aromatic carbocycles. The zero-order chi connectivity index (χ0) is 18.1. The van der Waals surface area contributed by atoms with Gasteiger partial charge in [-0.1, -0.05) is 0 Å². The van der Waals surface area contributed by atoms with Crippen molar-refractivity contribution in [2.24, 2.45) is 0 Å². The number of nitrogen functional groups attached to an aromatic ring is 1. The lowest BCUT2D eigenvalue weighted by molar-refractivity contribution is 0.0932. The molecule has 0 fully saturated rings. The number of thioether (sulfide) groups is 1. The second-order valence-electron chi connectivity index (χ2n) is 5.58. The summed E-state index contributed by atoms with van der Waals surface area (Å²) in [4.78, 5) is 22.2. The van der Waals surface area contributed by atoms with E-state index in [0.717, 1.165) is 10.3 Å². The van der Waals surface area contributed by atoms with Crippen molar-refractivity contribution in [3.63, 3.8) is 0 Å². The fraction of sp³-hybridized carbons (Fsp3) is 0.111. The number of carbonyl (C=O) groups excluding carboxylic acids is 1. The Morgan fingerprint density at radius 2 is 2.04 bits per heavy atom. The van der Waals surface area contributed by atoms with Crippen LogP contribution in [-0.4, -0.2) is 38.5 Å². The predicted molar refractivity (Wildman–Crippen MR) is 102 cm³/mol. The molecule has 130 valence electrons. The second kappa shape index (κ2) is 6.64. The van der Waals surface area contributed by atoms with E-state index >= 15 is 0 Å². The molecule has 8 heteroatoms. The van der Waals surface area contributed by atoms with Gasteiger partial charge in [0.15, 0.2) is 11.5 Å². The summed E-state index contributed by atoms with van der Waals surface area (Å²) in [5, 5.41) is 5.76. The lowest BCUT2D eigenvalue weighted by Crippen LogP contribution is -2.15. The number of hydrogen-bond acceptors (Lipinski definition) is 7. The van der Waals surface area contributed by atoms with Crippen molar-refractivity contribution in [3.05, 3.63) is 48.8 Å². The molecule has 4 aromatic rings. The topological polar surface area (TPSA) is 95.9 Å². The fourth-order valence-electron chi connectivity index (χ4n) is 2.64. The SMILES string of the molecule is COc1ccc2cc3c(N)nn(C(=O)CSc4ccncc4)c3nc2c1. The summed E-state index contributed by atoms with van der Waals surface area (Å²) in [5.74, 6) is 1.01. The molecule has 0 radical (unpaired) electrons. The summed E-state index contributed by atoms with van der Waals surface area (Å²) in [6.07, 6.45) is 3.38. The van der Waals surface area contributed by atoms with Gasteiger partial charge in [0.2, 0.25) is 0 Å². The molecule has 3 aromatic heterocycles. The maximum Gasteiger partial charge on any atom is 0.259 e. The average Bonchev–Trinajstić information content (AvgIpc) is 3.00. The third-order valence-electron chi connectivity index (χ3n) is 3.94. The number of ether oxygens (including phenoxy) is 1. The monoisotopic (exact) mass is 365 g/mol. The quantitative estimate of drug-likeness (QED) is 0.555. The van der Waals surface area contributed by atoms with Crippen molar-refractivity contribution >= 4 is 45.4 Å². The first-order valence-electron chi connectivity index (χ1n) is 7.85. The molecule has 26 heavy (non-hydrogen) atoms. The first kappa shape index (κ1) is 16.3. The zero-order valence-corrected chi connectivity index (χ0v) is 14.7. The number of fused-ring (bicyclic) bond motifs is 2. The van der Waals surface area contributed by atoms with Crippen LogP contribution in [0.15, 0.2) is 53.7 Å². The van der Waals surface area contributed by atoms with Crippen molar-refractivity contribution < 1.29 is 9.53 Å². The van der Waals surface area contributed by atoms with Gasteiger partial charge in [-0.05, 0) is 30.3 Å². The minimum atomic E-state index is -0.191. The van der Waals surface area contributed by atoms with Crippen LogP contribution in [0.5, 0.6) is 5.75 Å². The standard InChI is InChI=1S/C18H15N5O2S/c1-25-12-3-2-11-8-14-17(19)22-23(18(14)21-15(11)9-12)16(24)10-26-13-4-6-20-7-5-13/h2-9H,10H2,1H3,(H2,19,22). The molecule has 0 saturated carbocycles. The van der Waals surface area contributed by atoms with Gasteiger partial charge in [-0.15, -0.1) is 16.9 Å². The van der Waals surface area contributed by atoms with Gasteiger partial charge in [0.25, 0.3) is 5.91 Å². The van der Waals surface area contributed by atoms with Crippen molar-refractivity contribution in [2.45, 2.75) is 4.90 Å². The number of methoxy groups -OCH3 is 1. The van der Waals surface area contributed by atoms with E-state index in [2.05, 4.69) is 15.1 Å². The minimum Gasteiger partial charge on any atom is -0.497 e. The molecule has 0 amide bonds. The summed E-state index contributed by atoms with van der Waals surface area (Å²) < 4.78 is 6.52. The van der Waals surface area contributed by atoms with Crippen molar-refractivity contribution in [2.75, 3.05) is 18.6 Å². The van der Waals surface area contributed by atoms with Crippen LogP contribution in [0, 0.1) is 0 Å². The summed E-state index contributed by atoms with van der Waals surface area (Å²) >= 11 is 1.41. The van der Waals surface area contributed by atoms with E-state index in [1.165, 1.54) is 16.4 Å². The highest BCUT2D eigenvalue weighted by atomic mass is 32.2. The fourth-order valence-corrected chi connectivity index (χ4v) is 3.36. The van der Waals surface area contributed by atoms with Crippen LogP contribution < -0.4 is 10.5 Å². The zero-order valence-electron chi connectivity index (χ0n) is 13.9. The van der Waals surface area contributed by atoms with Crippen LogP contribution in [0.2, 0.25) is 0 Å². The lowest BCUT2D eigenvalue weighted by Gasteiger charge is -2.04. The van der Waals surface area contributed by atoms with E-state index in [-0.39, 0.29) is 17.5 Å². The van der Waals surface area contributed by atoms with Gasteiger partial charge < -0.3 is 10.5 Å². The van der Waals surface area contributed by atoms with E-state index in [4.69, 9.17) is 10.5 Å². The molecule has 0 aliphatic rings. The number of pyridine rings is 2. The first-order chi connectivity index (χ1) is 12.7. The molecule has 7 nitrogen and oxygen atoms in total. The molecule has 2 N–H and O–H groups in total. The summed E-state index contributed by atoms with van der Waals surface area (Å²) in [6.45, 7) is 0. The number of aromatic nitrogens is 4. The lowest BCUT2D eigenvalue weighted by atomic mass is 10.2. The van der Waals surface area contributed by atoms with Gasteiger partial charge in [-0.2, -0.15) is 4.68 Å². The Hall–Kier alpha value is -3.13. The van der Waals surface area contributed by atoms with Crippen molar-refractivity contribution in [1.82, 2.24) is 19.7 Å². The van der Waals surface area contributed by atoms with Gasteiger partial charge in [0, 0.05) is 28.7 Å². The van der Waals surface area contributed by atoms with Crippen molar-refractivity contribution in [1.29, 1.82) is 0 Å². The number of benzene rings is 1. The van der Waals surface area contributed by atoms with Crippen molar-refractivity contribution in [3.8, 4) is 5.75 Å². The Morgan fingerprint density at radius 1 is 1.23 bits per heavy atom. The van der Waals surface area contributed by atoms with Crippen LogP contribution in [0.3, 0.4) is 0 Å². The maximum atomic E-state index is 12.6. The number of nitrogens with two attached hydrogens (primary N) is 1. The molecule has 3 heterocycles. The molecule has 0 saturated heterocycles. The number of anilines is 1. The van der Waals surface area contributed by atoms with Crippen LogP contribution >= 0.6 is 11.8 Å². The Morgan fingerprint density at radius 3 is 2.81 bits per heavy atom. The van der Waals surface area contributed by atoms with E-state index < -0.39 is 0 Å². The molecule has 0 bridgehead atoms. The number of carbonyl (C=O) groups is 1. The molecule has 0 aliphatic heterocycles. The van der Waals surface area contributed by atoms with Crippen LogP contribution in [0.1, 0.15) is 4.79 Å². The van der Waals surface area contributed by atoms with Crippen LogP contribution in [-0.2, 0) is 0 Å². The van der Waals surface area contributed by atoms with E-state index in [0.29, 0.717) is 22.3 Å². The summed E-state index contributed by atoms with van der Waals surface area (Å²) in [6, 6.07) is 11.2.